The van der Waals surface area contributed by atoms with Crippen LogP contribution in [0.1, 0.15) is 32.5 Å². The molecule has 3 aliphatic rings. The summed E-state index contributed by atoms with van der Waals surface area (Å²) in [6, 6.07) is 0. The minimum Gasteiger partial charge on any atom is -0.756 e. The lowest BCUT2D eigenvalue weighted by Gasteiger charge is -2.35. The minimum absolute atomic E-state index is 0.0526. The fourth-order valence-corrected chi connectivity index (χ4v) is 13.6. The molecule has 9 N–H and O–H groups in total. The molecule has 0 radical (unpaired) electrons. The SMILES string of the molecule is CNc1ncnc2c1ncn2[C@@H]1O[C@H](COP(=O)([O-])OP(=O)([O-])OP(=O)([O-])OC[C@H]2O[C@@H]([n+]3cn(C)c4c(=O)[nH]c(N)nc43)C(O)[C@H]2OCN=[N+]=[N-])[C@H](OP(=O)([O-])OC[C@H]2O[C@@H](n3cnc4c(=O)[nH]c(N)nc43)C(O)[C@H]2OC(C)C)C1OC. The molecular weight excluding hydrogens is 1200 g/mol. The first-order valence-electron chi connectivity index (χ1n) is 23.9. The van der Waals surface area contributed by atoms with Gasteiger partial charge in [0.2, 0.25) is 17.7 Å². The van der Waals surface area contributed by atoms with Gasteiger partial charge in [0, 0.05) is 19.1 Å². The van der Waals surface area contributed by atoms with E-state index in [4.69, 9.17) is 59.0 Å². The molecule has 46 heteroatoms. The number of ether oxygens (including phenoxy) is 6. The van der Waals surface area contributed by atoms with Gasteiger partial charge in [0.25, 0.3) is 48.4 Å². The average molecular weight is 1250 g/mol. The average Bonchev–Trinajstić information content (AvgIpc) is 3.29. The molecular formula is C37H49N18O24P4-3. The second kappa shape index (κ2) is 24.3. The van der Waals surface area contributed by atoms with E-state index in [1.54, 1.807) is 13.8 Å². The van der Waals surface area contributed by atoms with Crippen molar-refractivity contribution in [2.45, 2.75) is 93.6 Å². The smallest absolute Gasteiger partial charge is 0.313 e. The van der Waals surface area contributed by atoms with Crippen LogP contribution in [0.4, 0.5) is 17.7 Å². The lowest BCUT2D eigenvalue weighted by molar-refractivity contribution is -0.745. The van der Waals surface area contributed by atoms with Crippen molar-refractivity contribution in [1.82, 2.24) is 53.6 Å². The van der Waals surface area contributed by atoms with E-state index in [0.29, 0.717) is 0 Å². The maximum Gasteiger partial charge on any atom is 0.313 e. The number of aryl methyl sites for hydroxylation is 1. The standard InChI is InChI=1S/C37H52N18O24P4/c1-14(2)73-24-16(75-33(22(24)57)54-11-45-19-29(54)47-36(38)49-31(19)58)7-70-80(60,61)77-25-17(76-35(26(25)68-5)53-10-44-18-27(41-3)42-9-43-28(18)53)8-72-82(64,65)79-83(66,67)78-81(62,63)71-6-15-23(69-12-46-51-40)21(56)34(74-15)55-13-52(4)20-30(55)48-37(39)50-32(20)59/h9-11,13-17,21-26,33-35,56-57H,6-8,12H2,1-5H3,(H10-,38,39,41,42,43,47,48,49,50,58,59,60,61,62,63,64,65,66,67)/p-3/t15-,16-,17-,21?,22?,23+,24+,25+,26?,33-,34-,35-/m1/s1. The summed E-state index contributed by atoms with van der Waals surface area (Å²) in [6.07, 6.45) is -15.4. The Hall–Kier alpha value is -5.84. The number of nitrogens with zero attached hydrogens (tertiary/aromatic N) is 13. The van der Waals surface area contributed by atoms with Crippen LogP contribution in [0, 0.1) is 0 Å². The van der Waals surface area contributed by atoms with Gasteiger partial charge >= 0.3 is 5.65 Å². The molecule has 3 aliphatic heterocycles. The molecule has 9 rings (SSSR count). The van der Waals surface area contributed by atoms with E-state index in [0.717, 1.165) is 24.3 Å². The third kappa shape index (κ3) is 13.2. The van der Waals surface area contributed by atoms with E-state index in [9.17, 15) is 57.6 Å². The topological polar surface area (TPSA) is 586 Å². The van der Waals surface area contributed by atoms with Crippen LogP contribution in [0.3, 0.4) is 0 Å². The van der Waals surface area contributed by atoms with Crippen LogP contribution in [0.2, 0.25) is 0 Å². The Morgan fingerprint density at radius 2 is 1.39 bits per heavy atom. The van der Waals surface area contributed by atoms with Crippen LogP contribution < -0.4 is 52.0 Å². The zero-order chi connectivity index (χ0) is 60.1. The van der Waals surface area contributed by atoms with Crippen LogP contribution >= 0.6 is 31.3 Å². The van der Waals surface area contributed by atoms with Gasteiger partial charge in [-0.15, -0.1) is 0 Å². The lowest BCUT2D eigenvalue weighted by Crippen LogP contribution is -2.46. The van der Waals surface area contributed by atoms with E-state index in [-0.39, 0.29) is 51.2 Å². The molecule has 0 saturated carbocycles. The number of nitrogens with two attached hydrogens (primary N) is 2. The Kier molecular flexibility index (Phi) is 18.0. The Morgan fingerprint density at radius 1 is 0.795 bits per heavy atom. The zero-order valence-electron chi connectivity index (χ0n) is 43.3. The number of fused-ring (bicyclic) bond motifs is 3. The Morgan fingerprint density at radius 3 is 2.02 bits per heavy atom. The number of hydrogen-bond donors (Lipinski definition) is 7. The molecule has 0 spiro atoms. The van der Waals surface area contributed by atoms with Crippen LogP contribution in [-0.4, -0.2) is 166 Å². The molecule has 9 heterocycles. The number of azide groups is 1. The number of nitrogen functional groups attached to an aromatic ring is 2. The van der Waals surface area contributed by atoms with Crippen molar-refractivity contribution in [2.24, 2.45) is 12.2 Å². The van der Waals surface area contributed by atoms with Gasteiger partial charge in [0.1, 0.15) is 73.5 Å². The third-order valence-electron chi connectivity index (χ3n) is 12.5. The van der Waals surface area contributed by atoms with Crippen molar-refractivity contribution in [3.63, 3.8) is 0 Å². The van der Waals surface area contributed by atoms with Crippen LogP contribution in [0.25, 0.3) is 43.9 Å². The van der Waals surface area contributed by atoms with Gasteiger partial charge in [0.15, 0.2) is 41.4 Å². The molecule has 3 fully saturated rings. The summed E-state index contributed by atoms with van der Waals surface area (Å²) in [7, 11) is -20.9. The summed E-state index contributed by atoms with van der Waals surface area (Å²) in [5, 5.41) is 28.7. The Balaban J connectivity index is 0.896. The van der Waals surface area contributed by atoms with Crippen LogP contribution in [0.15, 0.2) is 40.0 Å². The zero-order valence-corrected chi connectivity index (χ0v) is 46.9. The molecule has 454 valence electrons. The van der Waals surface area contributed by atoms with E-state index in [1.807, 2.05) is 0 Å². The van der Waals surface area contributed by atoms with Crippen molar-refractivity contribution >= 4 is 82.5 Å². The summed E-state index contributed by atoms with van der Waals surface area (Å²) < 4.78 is 121. The van der Waals surface area contributed by atoms with Crippen molar-refractivity contribution < 1.29 is 108 Å². The van der Waals surface area contributed by atoms with Crippen LogP contribution in [0.5, 0.6) is 0 Å². The van der Waals surface area contributed by atoms with E-state index in [1.165, 1.54) is 40.5 Å². The lowest BCUT2D eigenvalue weighted by atomic mass is 10.1. The van der Waals surface area contributed by atoms with Crippen LogP contribution in [-0.2, 0) is 80.4 Å². The van der Waals surface area contributed by atoms with Gasteiger partial charge in [-0.1, -0.05) is 10.1 Å². The number of phosphoric ester groups is 3. The van der Waals surface area contributed by atoms with Crippen molar-refractivity contribution in [3.05, 3.63) is 56.5 Å². The number of phosphoric acid groups is 4. The molecule has 6 aromatic heterocycles. The first kappa shape index (κ1) is 61.7. The quantitative estimate of drug-likeness (QED) is 0.00943. The number of methoxy groups -OCH3 is 1. The number of hydrogen-bond acceptors (Lipinski definition) is 34. The minimum atomic E-state index is -6.63. The van der Waals surface area contributed by atoms with Crippen molar-refractivity contribution in [2.75, 3.05) is 57.5 Å². The molecule has 83 heavy (non-hydrogen) atoms. The molecule has 16 atom stereocenters. The number of aliphatic hydroxyl groups excluding tert-OH is 2. The maximum atomic E-state index is 13.9. The fraction of sp³-hybridized carbons (Fsp3) is 0.595. The molecule has 0 amide bonds. The number of aromatic nitrogens is 12. The predicted octanol–water partition coefficient (Wildman–Crippen LogP) is -4.05. The van der Waals surface area contributed by atoms with Gasteiger partial charge in [-0.25, -0.2) is 33.1 Å². The van der Waals surface area contributed by atoms with E-state index >= 15 is 0 Å². The van der Waals surface area contributed by atoms with Gasteiger partial charge in [-0.3, -0.25) is 51.5 Å². The third-order valence-corrected chi connectivity index (χ3v) is 17.6. The fourth-order valence-electron chi connectivity index (χ4n) is 9.23. The summed E-state index contributed by atoms with van der Waals surface area (Å²) in [5.74, 6) is -0.412. The summed E-state index contributed by atoms with van der Waals surface area (Å²) in [5.41, 5.74) is 18.6. The van der Waals surface area contributed by atoms with Gasteiger partial charge in [-0.05, 0) is 19.4 Å². The summed E-state index contributed by atoms with van der Waals surface area (Å²) >= 11 is 0. The highest BCUT2D eigenvalue weighted by molar-refractivity contribution is 7.65. The molecule has 0 aliphatic carbocycles. The highest BCUT2D eigenvalue weighted by atomic mass is 31.3. The summed E-state index contributed by atoms with van der Waals surface area (Å²) in [4.78, 5) is 110. The van der Waals surface area contributed by atoms with Gasteiger partial charge in [-0.2, -0.15) is 4.98 Å². The Labute approximate surface area is 462 Å². The number of rotatable bonds is 25. The highest BCUT2D eigenvalue weighted by Crippen LogP contribution is 2.63. The number of H-pyrrole nitrogens is 2. The van der Waals surface area contributed by atoms with E-state index < -0.39 is 149 Å². The first-order chi connectivity index (χ1) is 39.1. The van der Waals surface area contributed by atoms with Crippen molar-refractivity contribution in [1.29, 1.82) is 0 Å². The summed E-state index contributed by atoms with van der Waals surface area (Å²) in [6.45, 7) is -1.11. The second-order valence-corrected chi connectivity index (χ2v) is 24.1. The molecule has 3 saturated heterocycles. The molecule has 6 aromatic rings. The normalized spacial score (nSPS) is 28.6. The first-order valence-corrected chi connectivity index (χ1v) is 29.7. The number of anilines is 3. The molecule has 0 bridgehead atoms. The number of imidazole rings is 3. The molecule has 7 unspecified atom stereocenters. The number of aromatic amines is 2. The molecule has 0 aromatic carbocycles. The predicted molar refractivity (Wildman–Crippen MR) is 262 cm³/mol. The highest BCUT2D eigenvalue weighted by Gasteiger charge is 2.52. The second-order valence-electron chi connectivity index (χ2n) is 18.3. The van der Waals surface area contributed by atoms with E-state index in [2.05, 4.69) is 68.4 Å². The van der Waals surface area contributed by atoms with Gasteiger partial charge in [0.05, 0.1) is 45.6 Å². The largest absolute Gasteiger partial charge is 0.756 e. The molecule has 42 nitrogen and oxygen atoms in total. The monoisotopic (exact) mass is 1250 g/mol. The Bertz CT molecular complexity index is 3750. The number of aliphatic hydroxyl groups is 2. The maximum absolute atomic E-state index is 13.9. The number of nitrogens with one attached hydrogen (secondary N) is 3. The van der Waals surface area contributed by atoms with Gasteiger partial charge < -0.3 is 93.1 Å². The van der Waals surface area contributed by atoms with Crippen molar-refractivity contribution in [3.8, 4) is 0 Å².